The van der Waals surface area contributed by atoms with Crippen LogP contribution in [0.5, 0.6) is 11.5 Å². The molecule has 3 rings (SSSR count). The summed E-state index contributed by atoms with van der Waals surface area (Å²) in [4.78, 5) is 12.8. The third-order valence-corrected chi connectivity index (χ3v) is 4.85. The number of carbonyl (C=O) groups excluding carboxylic acids is 1. The molecule has 0 fully saturated rings. The first-order valence-electron chi connectivity index (χ1n) is 9.56. The molecule has 6 heteroatoms. The highest BCUT2D eigenvalue weighted by atomic mass is 16.5. The highest BCUT2D eigenvalue weighted by Crippen LogP contribution is 2.23. The Bertz CT molecular complexity index is 947. The Morgan fingerprint density at radius 3 is 2.10 bits per heavy atom. The first kappa shape index (κ1) is 20.5. The lowest BCUT2D eigenvalue weighted by atomic mass is 9.98. The van der Waals surface area contributed by atoms with Crippen LogP contribution < -0.4 is 14.8 Å². The van der Waals surface area contributed by atoms with Crippen molar-refractivity contribution in [2.24, 2.45) is 0 Å². The van der Waals surface area contributed by atoms with Gasteiger partial charge in [0.05, 0.1) is 26.0 Å². The number of hydrogen-bond donors (Lipinski definition) is 1. The lowest BCUT2D eigenvalue weighted by Crippen LogP contribution is -2.33. The minimum atomic E-state index is -0.168. The SMILES string of the molecule is COc1ccc(C[C@@H](NC(=O)Cn2nc(C)cc2C)c2ccc(OC)cc2)cc1. The van der Waals surface area contributed by atoms with Gasteiger partial charge in [0.1, 0.15) is 18.0 Å². The number of methoxy groups -OCH3 is 2. The van der Waals surface area contributed by atoms with Crippen molar-refractivity contribution in [1.29, 1.82) is 0 Å². The van der Waals surface area contributed by atoms with Gasteiger partial charge in [0.25, 0.3) is 0 Å². The molecule has 0 aliphatic rings. The Balaban J connectivity index is 1.78. The van der Waals surface area contributed by atoms with Crippen molar-refractivity contribution in [1.82, 2.24) is 15.1 Å². The zero-order chi connectivity index (χ0) is 20.8. The minimum absolute atomic E-state index is 0.0782. The van der Waals surface area contributed by atoms with Crippen LogP contribution >= 0.6 is 0 Å². The van der Waals surface area contributed by atoms with Crippen LogP contribution in [0.25, 0.3) is 0 Å². The van der Waals surface area contributed by atoms with Crippen molar-refractivity contribution >= 4 is 5.91 Å². The van der Waals surface area contributed by atoms with Crippen molar-refractivity contribution in [2.75, 3.05) is 14.2 Å². The van der Waals surface area contributed by atoms with Gasteiger partial charge in [-0.15, -0.1) is 0 Å². The fourth-order valence-corrected chi connectivity index (χ4v) is 3.30. The molecule has 6 nitrogen and oxygen atoms in total. The average molecular weight is 393 g/mol. The second kappa shape index (κ2) is 9.28. The van der Waals surface area contributed by atoms with Gasteiger partial charge in [-0.2, -0.15) is 5.10 Å². The van der Waals surface area contributed by atoms with Gasteiger partial charge in [-0.3, -0.25) is 9.48 Å². The van der Waals surface area contributed by atoms with Crippen LogP contribution in [0.4, 0.5) is 0 Å². The van der Waals surface area contributed by atoms with Crippen molar-refractivity contribution < 1.29 is 14.3 Å². The van der Waals surface area contributed by atoms with Gasteiger partial charge in [-0.1, -0.05) is 24.3 Å². The molecule has 2 aromatic carbocycles. The Kier molecular flexibility index (Phi) is 6.54. The second-order valence-corrected chi connectivity index (χ2v) is 7.03. The van der Waals surface area contributed by atoms with E-state index in [0.717, 1.165) is 34.0 Å². The normalized spacial score (nSPS) is 11.7. The van der Waals surface area contributed by atoms with E-state index < -0.39 is 0 Å². The van der Waals surface area contributed by atoms with Crippen molar-refractivity contribution in [2.45, 2.75) is 32.9 Å². The van der Waals surface area contributed by atoms with Gasteiger partial charge < -0.3 is 14.8 Å². The third-order valence-electron chi connectivity index (χ3n) is 4.85. The molecule has 0 aliphatic carbocycles. The molecule has 3 aromatic rings. The summed E-state index contributed by atoms with van der Waals surface area (Å²) >= 11 is 0. The number of nitrogens with one attached hydrogen (secondary N) is 1. The number of aromatic nitrogens is 2. The van der Waals surface area contributed by atoms with E-state index in [0.29, 0.717) is 6.42 Å². The van der Waals surface area contributed by atoms with Gasteiger partial charge in [0.15, 0.2) is 0 Å². The van der Waals surface area contributed by atoms with Crippen molar-refractivity contribution in [3.8, 4) is 11.5 Å². The summed E-state index contributed by atoms with van der Waals surface area (Å²) in [6, 6.07) is 17.5. The molecule has 1 N–H and O–H groups in total. The zero-order valence-corrected chi connectivity index (χ0v) is 17.3. The van der Waals surface area contributed by atoms with Crippen molar-refractivity contribution in [3.05, 3.63) is 77.1 Å². The predicted octanol–water partition coefficient (Wildman–Crippen LogP) is 3.62. The summed E-state index contributed by atoms with van der Waals surface area (Å²) in [5.74, 6) is 1.51. The third kappa shape index (κ3) is 5.38. The van der Waals surface area contributed by atoms with Crippen LogP contribution in [0.1, 0.15) is 28.6 Å². The van der Waals surface area contributed by atoms with Crippen LogP contribution in [-0.4, -0.2) is 29.9 Å². The van der Waals surface area contributed by atoms with E-state index in [2.05, 4.69) is 10.4 Å². The molecule has 0 radical (unpaired) electrons. The molecule has 0 saturated carbocycles. The molecule has 0 spiro atoms. The Labute approximate surface area is 171 Å². The molecule has 0 bridgehead atoms. The number of hydrogen-bond acceptors (Lipinski definition) is 4. The molecule has 1 amide bonds. The average Bonchev–Trinajstić information content (AvgIpc) is 3.04. The predicted molar refractivity (Wildman–Crippen MR) is 112 cm³/mol. The maximum absolute atomic E-state index is 12.8. The van der Waals surface area contributed by atoms with Gasteiger partial charge in [0, 0.05) is 5.69 Å². The first-order valence-corrected chi connectivity index (χ1v) is 9.56. The standard InChI is InChI=1S/C23H27N3O3/c1-16-13-17(2)26(25-16)15-23(27)24-22(19-7-11-21(29-4)12-8-19)14-18-5-9-20(28-3)10-6-18/h5-13,22H,14-15H2,1-4H3,(H,24,27)/t22-/m1/s1. The maximum atomic E-state index is 12.8. The zero-order valence-electron chi connectivity index (χ0n) is 17.3. The molecule has 1 heterocycles. The molecule has 0 unspecified atom stereocenters. The lowest BCUT2D eigenvalue weighted by Gasteiger charge is -2.20. The summed E-state index contributed by atoms with van der Waals surface area (Å²) in [6.07, 6.45) is 0.666. The molecular weight excluding hydrogens is 366 g/mol. The van der Waals surface area contributed by atoms with E-state index in [4.69, 9.17) is 9.47 Å². The van der Waals surface area contributed by atoms with Crippen molar-refractivity contribution in [3.63, 3.8) is 0 Å². The van der Waals surface area contributed by atoms with E-state index in [-0.39, 0.29) is 18.5 Å². The van der Waals surface area contributed by atoms with E-state index in [1.807, 2.05) is 68.4 Å². The largest absolute Gasteiger partial charge is 0.497 e. The number of carbonyl (C=O) groups is 1. The van der Waals surface area contributed by atoms with Crippen LogP contribution in [0, 0.1) is 13.8 Å². The first-order chi connectivity index (χ1) is 14.0. The van der Waals surface area contributed by atoms with Crippen LogP contribution in [0.3, 0.4) is 0 Å². The molecular formula is C23H27N3O3. The number of aryl methyl sites for hydroxylation is 2. The molecule has 1 aromatic heterocycles. The lowest BCUT2D eigenvalue weighted by molar-refractivity contribution is -0.122. The van der Waals surface area contributed by atoms with Gasteiger partial charge in [-0.05, 0) is 61.7 Å². The fourth-order valence-electron chi connectivity index (χ4n) is 3.30. The summed E-state index contributed by atoms with van der Waals surface area (Å²) in [7, 11) is 3.29. The van der Waals surface area contributed by atoms with E-state index in [1.54, 1.807) is 18.9 Å². The highest BCUT2D eigenvalue weighted by molar-refractivity contribution is 5.76. The van der Waals surface area contributed by atoms with Crippen LogP contribution in [0.2, 0.25) is 0 Å². The number of nitrogens with zero attached hydrogens (tertiary/aromatic N) is 2. The topological polar surface area (TPSA) is 65.4 Å². The second-order valence-electron chi connectivity index (χ2n) is 7.03. The number of amides is 1. The minimum Gasteiger partial charge on any atom is -0.497 e. The van der Waals surface area contributed by atoms with Gasteiger partial charge in [0.2, 0.25) is 5.91 Å². The summed E-state index contributed by atoms with van der Waals surface area (Å²) in [5, 5.41) is 7.54. The quantitative estimate of drug-likeness (QED) is 0.635. The van der Waals surface area contributed by atoms with Crippen LogP contribution in [0.15, 0.2) is 54.6 Å². The molecule has 0 aliphatic heterocycles. The molecule has 29 heavy (non-hydrogen) atoms. The molecule has 0 saturated heterocycles. The van der Waals surface area contributed by atoms with Gasteiger partial charge >= 0.3 is 0 Å². The van der Waals surface area contributed by atoms with Gasteiger partial charge in [-0.25, -0.2) is 0 Å². The smallest absolute Gasteiger partial charge is 0.242 e. The Hall–Kier alpha value is -3.28. The maximum Gasteiger partial charge on any atom is 0.242 e. The monoisotopic (exact) mass is 393 g/mol. The number of benzene rings is 2. The Morgan fingerprint density at radius 2 is 1.59 bits per heavy atom. The molecule has 1 atom stereocenters. The molecule has 152 valence electrons. The van der Waals surface area contributed by atoms with E-state index >= 15 is 0 Å². The fraction of sp³-hybridized carbons (Fsp3) is 0.304. The van der Waals surface area contributed by atoms with Crippen LogP contribution in [-0.2, 0) is 17.8 Å². The number of rotatable bonds is 8. The number of ether oxygens (including phenoxy) is 2. The summed E-state index contributed by atoms with van der Waals surface area (Å²) in [6.45, 7) is 4.06. The Morgan fingerprint density at radius 1 is 1.00 bits per heavy atom. The summed E-state index contributed by atoms with van der Waals surface area (Å²) in [5.41, 5.74) is 4.00. The van der Waals surface area contributed by atoms with E-state index in [9.17, 15) is 4.79 Å². The summed E-state index contributed by atoms with van der Waals surface area (Å²) < 4.78 is 12.2. The van der Waals surface area contributed by atoms with E-state index in [1.165, 1.54) is 0 Å². The highest BCUT2D eigenvalue weighted by Gasteiger charge is 2.17.